The third kappa shape index (κ3) is 4.28. The molecule has 1 unspecified atom stereocenters. The summed E-state index contributed by atoms with van der Waals surface area (Å²) in [5, 5.41) is 14.1. The summed E-state index contributed by atoms with van der Waals surface area (Å²) in [4.78, 5) is 18.3. The molecule has 1 fully saturated rings. The quantitative estimate of drug-likeness (QED) is 0.605. The van der Waals surface area contributed by atoms with Crippen LogP contribution < -0.4 is 5.32 Å². The highest BCUT2D eigenvalue weighted by atomic mass is 16.1. The third-order valence-corrected chi connectivity index (χ3v) is 7.29. The summed E-state index contributed by atoms with van der Waals surface area (Å²) in [5.41, 5.74) is 4.14. The zero-order valence-corrected chi connectivity index (χ0v) is 18.4. The first kappa shape index (κ1) is 20.8. The van der Waals surface area contributed by atoms with Crippen molar-refractivity contribution in [3.63, 3.8) is 0 Å². The second-order valence-corrected chi connectivity index (χ2v) is 9.27. The van der Waals surface area contributed by atoms with E-state index in [9.17, 15) is 10.1 Å². The summed E-state index contributed by atoms with van der Waals surface area (Å²) in [5.74, 6) is 0.668. The van der Waals surface area contributed by atoms with Crippen LogP contribution in [-0.4, -0.2) is 34.9 Å². The first-order chi connectivity index (χ1) is 15.7. The highest BCUT2D eigenvalue weighted by molar-refractivity contribution is 5.98. The first-order valence-electron chi connectivity index (χ1n) is 11.8. The molecule has 2 aromatic carbocycles. The predicted molar refractivity (Wildman–Crippen MR) is 126 cm³/mol. The molecule has 5 heteroatoms. The Labute approximate surface area is 189 Å². The number of carbonyl (C=O) groups excluding carboxylic acids is 1. The van der Waals surface area contributed by atoms with E-state index in [1.54, 1.807) is 0 Å². The van der Waals surface area contributed by atoms with Crippen molar-refractivity contribution >= 4 is 16.8 Å². The predicted octanol–water partition coefficient (Wildman–Crippen LogP) is 4.97. The molecule has 0 saturated heterocycles. The van der Waals surface area contributed by atoms with E-state index < -0.39 is 0 Å². The minimum atomic E-state index is -0.119. The number of hydrogen-bond acceptors (Lipinski definition) is 3. The number of benzene rings is 2. The summed E-state index contributed by atoms with van der Waals surface area (Å²) >= 11 is 0. The second-order valence-electron chi connectivity index (χ2n) is 9.27. The maximum absolute atomic E-state index is 12.7. The number of hydrogen-bond donors (Lipinski definition) is 2. The largest absolute Gasteiger partial charge is 0.351 e. The third-order valence-electron chi connectivity index (χ3n) is 7.29. The Balaban J connectivity index is 1.11. The fourth-order valence-electron chi connectivity index (χ4n) is 5.41. The van der Waals surface area contributed by atoms with Gasteiger partial charge in [0.1, 0.15) is 11.7 Å². The molecule has 1 aliphatic carbocycles. The fraction of sp³-hybridized carbons (Fsp3) is 0.407. The van der Waals surface area contributed by atoms with E-state index in [2.05, 4.69) is 39.5 Å². The van der Waals surface area contributed by atoms with Crippen molar-refractivity contribution in [3.8, 4) is 6.07 Å². The molecule has 0 bridgehead atoms. The van der Waals surface area contributed by atoms with Crippen molar-refractivity contribution in [2.45, 2.75) is 50.6 Å². The normalized spacial score (nSPS) is 23.4. The number of aromatic nitrogens is 1. The number of rotatable bonds is 5. The van der Waals surface area contributed by atoms with Crippen LogP contribution in [0.1, 0.15) is 59.8 Å². The molecule has 2 N–H and O–H groups in total. The Morgan fingerprint density at radius 2 is 1.88 bits per heavy atom. The Morgan fingerprint density at radius 3 is 2.69 bits per heavy atom. The summed E-state index contributed by atoms with van der Waals surface area (Å²) in [6, 6.07) is 20.9. The number of nitrogens with zero attached hydrogens (tertiary/aromatic N) is 2. The van der Waals surface area contributed by atoms with Crippen molar-refractivity contribution < 1.29 is 4.79 Å². The van der Waals surface area contributed by atoms with Crippen molar-refractivity contribution in [1.82, 2.24) is 15.2 Å². The summed E-state index contributed by atoms with van der Waals surface area (Å²) in [7, 11) is 0. The van der Waals surface area contributed by atoms with E-state index in [-0.39, 0.29) is 18.0 Å². The summed E-state index contributed by atoms with van der Waals surface area (Å²) < 4.78 is 0. The second kappa shape index (κ2) is 9.18. The Morgan fingerprint density at radius 1 is 1.09 bits per heavy atom. The van der Waals surface area contributed by atoms with E-state index in [1.165, 1.54) is 11.1 Å². The highest BCUT2D eigenvalue weighted by Crippen LogP contribution is 2.32. The fourth-order valence-corrected chi connectivity index (χ4v) is 5.41. The lowest BCUT2D eigenvalue weighted by Crippen LogP contribution is -2.39. The molecule has 5 rings (SSSR count). The van der Waals surface area contributed by atoms with Crippen LogP contribution in [0.5, 0.6) is 0 Å². The van der Waals surface area contributed by atoms with E-state index in [0.717, 1.165) is 62.5 Å². The molecule has 1 atom stereocenters. The monoisotopic (exact) mass is 426 g/mol. The molecule has 164 valence electrons. The molecule has 2 heterocycles. The van der Waals surface area contributed by atoms with Gasteiger partial charge in [-0.05, 0) is 74.2 Å². The van der Waals surface area contributed by atoms with Gasteiger partial charge in [-0.1, -0.05) is 42.5 Å². The maximum Gasteiger partial charge on any atom is 0.267 e. The number of carbonyl (C=O) groups is 1. The standard InChI is InChI=1S/C27H30N4O/c28-18-26-23-7-3-1-5-20(23)14-16-31(26)15-13-19-9-11-22(12-10-19)29-27(32)25-17-21-6-2-4-8-24(21)30-25/h1-8,17,19,22,26,30H,9-16H2,(H,29,32). The van der Waals surface area contributed by atoms with Gasteiger partial charge in [0.05, 0.1) is 6.07 Å². The average Bonchev–Trinajstić information content (AvgIpc) is 3.28. The van der Waals surface area contributed by atoms with Gasteiger partial charge in [0, 0.05) is 23.5 Å². The molecule has 3 aromatic rings. The number of para-hydroxylation sites is 1. The summed E-state index contributed by atoms with van der Waals surface area (Å²) in [6.07, 6.45) is 6.49. The van der Waals surface area contributed by atoms with Crippen LogP contribution in [0.25, 0.3) is 10.9 Å². The highest BCUT2D eigenvalue weighted by Gasteiger charge is 2.28. The van der Waals surface area contributed by atoms with Gasteiger partial charge >= 0.3 is 0 Å². The molecular formula is C27H30N4O. The van der Waals surface area contributed by atoms with Crippen molar-refractivity contribution in [1.29, 1.82) is 5.26 Å². The molecule has 0 spiro atoms. The van der Waals surface area contributed by atoms with Crippen molar-refractivity contribution in [2.24, 2.45) is 5.92 Å². The molecule has 1 amide bonds. The zero-order valence-electron chi connectivity index (χ0n) is 18.4. The van der Waals surface area contributed by atoms with E-state index in [1.807, 2.05) is 36.4 Å². The average molecular weight is 427 g/mol. The molecule has 1 aliphatic heterocycles. The SMILES string of the molecule is N#CC1c2ccccc2CCN1CCC1CCC(NC(=O)c2cc3ccccc3[nH]2)CC1. The van der Waals surface area contributed by atoms with E-state index in [0.29, 0.717) is 11.6 Å². The lowest BCUT2D eigenvalue weighted by Gasteiger charge is -2.35. The molecular weight excluding hydrogens is 396 g/mol. The van der Waals surface area contributed by atoms with Gasteiger partial charge in [-0.3, -0.25) is 9.69 Å². The Bertz CT molecular complexity index is 1100. The van der Waals surface area contributed by atoms with Gasteiger partial charge in [0.15, 0.2) is 0 Å². The number of aromatic amines is 1. The van der Waals surface area contributed by atoms with Crippen molar-refractivity contribution in [2.75, 3.05) is 13.1 Å². The maximum atomic E-state index is 12.7. The van der Waals surface area contributed by atoms with Crippen LogP contribution in [0.3, 0.4) is 0 Å². The Hall–Kier alpha value is -3.10. The topological polar surface area (TPSA) is 71.9 Å². The summed E-state index contributed by atoms with van der Waals surface area (Å²) in [6.45, 7) is 1.94. The van der Waals surface area contributed by atoms with Crippen LogP contribution >= 0.6 is 0 Å². The van der Waals surface area contributed by atoms with Gasteiger partial charge in [-0.25, -0.2) is 0 Å². The smallest absolute Gasteiger partial charge is 0.267 e. The number of amides is 1. The van der Waals surface area contributed by atoms with Gasteiger partial charge in [-0.15, -0.1) is 0 Å². The zero-order chi connectivity index (χ0) is 21.9. The number of nitrogens with one attached hydrogen (secondary N) is 2. The van der Waals surface area contributed by atoms with Gasteiger partial charge in [-0.2, -0.15) is 5.26 Å². The van der Waals surface area contributed by atoms with Crippen LogP contribution in [-0.2, 0) is 6.42 Å². The molecule has 2 aliphatic rings. The molecule has 1 aromatic heterocycles. The van der Waals surface area contributed by atoms with Gasteiger partial charge in [0.25, 0.3) is 5.91 Å². The number of H-pyrrole nitrogens is 1. The lowest BCUT2D eigenvalue weighted by atomic mass is 9.83. The minimum Gasteiger partial charge on any atom is -0.351 e. The van der Waals surface area contributed by atoms with Crippen LogP contribution in [0, 0.1) is 17.2 Å². The van der Waals surface area contributed by atoms with Crippen LogP contribution in [0.15, 0.2) is 54.6 Å². The Kier molecular flexibility index (Phi) is 5.96. The van der Waals surface area contributed by atoms with Crippen LogP contribution in [0.2, 0.25) is 0 Å². The molecule has 5 nitrogen and oxygen atoms in total. The number of fused-ring (bicyclic) bond motifs is 2. The first-order valence-corrected chi connectivity index (χ1v) is 11.8. The van der Waals surface area contributed by atoms with E-state index >= 15 is 0 Å². The van der Waals surface area contributed by atoms with E-state index in [4.69, 9.17) is 0 Å². The lowest BCUT2D eigenvalue weighted by molar-refractivity contribution is 0.0915. The van der Waals surface area contributed by atoms with Crippen molar-refractivity contribution in [3.05, 3.63) is 71.4 Å². The molecule has 1 saturated carbocycles. The van der Waals surface area contributed by atoms with Gasteiger partial charge in [0.2, 0.25) is 0 Å². The minimum absolute atomic E-state index is 0.00602. The molecule has 0 radical (unpaired) electrons. The molecule has 32 heavy (non-hydrogen) atoms. The van der Waals surface area contributed by atoms with Gasteiger partial charge < -0.3 is 10.3 Å². The number of nitriles is 1. The van der Waals surface area contributed by atoms with Crippen LogP contribution in [0.4, 0.5) is 0 Å².